The minimum absolute atomic E-state index is 0.443. The van der Waals surface area contributed by atoms with Crippen molar-refractivity contribution in [2.75, 3.05) is 6.54 Å². The summed E-state index contributed by atoms with van der Waals surface area (Å²) < 4.78 is 0. The molecule has 4 heteroatoms. The Hall–Kier alpha value is -0.540. The fourth-order valence-corrected chi connectivity index (χ4v) is 3.48. The van der Waals surface area contributed by atoms with Crippen molar-refractivity contribution in [1.29, 1.82) is 0 Å². The monoisotopic (exact) mass is 327 g/mol. The summed E-state index contributed by atoms with van der Waals surface area (Å²) in [5, 5.41) is 9.35. The van der Waals surface area contributed by atoms with Crippen LogP contribution in [0.2, 0.25) is 10.0 Å². The number of hydrogen-bond acceptors (Lipinski definition) is 2. The molecule has 0 saturated heterocycles. The first-order valence-corrected chi connectivity index (χ1v) is 8.57. The van der Waals surface area contributed by atoms with Gasteiger partial charge >= 0.3 is 0 Å². The molecule has 1 heterocycles. The number of hydrogen-bond donors (Lipinski definition) is 1. The predicted octanol–water partition coefficient (Wildman–Crippen LogP) is 5.21. The highest BCUT2D eigenvalue weighted by Gasteiger charge is 2.11. The lowest BCUT2D eigenvalue weighted by molar-refractivity contribution is 0.491. The van der Waals surface area contributed by atoms with Crippen molar-refractivity contribution in [2.24, 2.45) is 0 Å². The molecule has 2 aromatic rings. The Labute approximate surface area is 134 Å². The first kappa shape index (κ1) is 15.8. The summed E-state index contributed by atoms with van der Waals surface area (Å²) in [6.07, 6.45) is 3.16. The quantitative estimate of drug-likeness (QED) is 0.736. The van der Waals surface area contributed by atoms with Gasteiger partial charge in [-0.2, -0.15) is 11.3 Å². The number of halogens is 2. The van der Waals surface area contributed by atoms with Crippen LogP contribution < -0.4 is 5.32 Å². The van der Waals surface area contributed by atoms with Gasteiger partial charge in [-0.15, -0.1) is 0 Å². The minimum Gasteiger partial charge on any atom is -0.314 e. The van der Waals surface area contributed by atoms with Crippen LogP contribution >= 0.6 is 34.5 Å². The van der Waals surface area contributed by atoms with E-state index in [0.717, 1.165) is 36.4 Å². The molecule has 0 bridgehead atoms. The Kier molecular flexibility index (Phi) is 6.37. The molecule has 108 valence electrons. The number of likely N-dealkylation sites (N-methyl/N-ethyl adjacent to an activating group) is 1. The Bertz CT molecular complexity index is 525. The van der Waals surface area contributed by atoms with Crippen molar-refractivity contribution in [3.63, 3.8) is 0 Å². The van der Waals surface area contributed by atoms with Gasteiger partial charge in [-0.25, -0.2) is 0 Å². The molecule has 0 saturated carbocycles. The SMILES string of the molecule is CCNC(CCc1ccsc1)Cc1ccc(Cl)cc1Cl. The summed E-state index contributed by atoms with van der Waals surface area (Å²) in [7, 11) is 0. The van der Waals surface area contributed by atoms with Crippen LogP contribution in [0.15, 0.2) is 35.0 Å². The second-order valence-corrected chi connectivity index (χ2v) is 6.49. The van der Waals surface area contributed by atoms with Gasteiger partial charge in [0.1, 0.15) is 0 Å². The summed E-state index contributed by atoms with van der Waals surface area (Å²) in [5.41, 5.74) is 2.58. The van der Waals surface area contributed by atoms with E-state index in [4.69, 9.17) is 23.2 Å². The summed E-state index contributed by atoms with van der Waals surface area (Å²) >= 11 is 14.0. The molecule has 1 aromatic heterocycles. The molecule has 0 aliphatic heterocycles. The molecule has 1 nitrogen and oxygen atoms in total. The molecule has 0 spiro atoms. The van der Waals surface area contributed by atoms with E-state index in [0.29, 0.717) is 11.1 Å². The van der Waals surface area contributed by atoms with E-state index in [-0.39, 0.29) is 0 Å². The number of nitrogens with one attached hydrogen (secondary N) is 1. The van der Waals surface area contributed by atoms with Crippen LogP contribution in [0.3, 0.4) is 0 Å². The largest absolute Gasteiger partial charge is 0.314 e. The van der Waals surface area contributed by atoms with Crippen molar-refractivity contribution in [3.8, 4) is 0 Å². The van der Waals surface area contributed by atoms with E-state index < -0.39 is 0 Å². The van der Waals surface area contributed by atoms with Crippen molar-refractivity contribution in [2.45, 2.75) is 32.2 Å². The maximum absolute atomic E-state index is 6.26. The highest BCUT2D eigenvalue weighted by atomic mass is 35.5. The molecule has 0 aliphatic rings. The highest BCUT2D eigenvalue weighted by Crippen LogP contribution is 2.23. The Morgan fingerprint density at radius 3 is 2.75 bits per heavy atom. The molecule has 0 fully saturated rings. The van der Waals surface area contributed by atoms with Gasteiger partial charge in [0.2, 0.25) is 0 Å². The van der Waals surface area contributed by atoms with Gasteiger partial charge in [0.25, 0.3) is 0 Å². The van der Waals surface area contributed by atoms with Crippen molar-refractivity contribution >= 4 is 34.5 Å². The molecule has 1 atom stereocenters. The maximum Gasteiger partial charge on any atom is 0.0453 e. The fraction of sp³-hybridized carbons (Fsp3) is 0.375. The Morgan fingerprint density at radius 2 is 2.10 bits per heavy atom. The number of thiophene rings is 1. The number of rotatable bonds is 7. The van der Waals surface area contributed by atoms with Crippen molar-refractivity contribution < 1.29 is 0 Å². The molecular weight excluding hydrogens is 309 g/mol. The van der Waals surface area contributed by atoms with E-state index in [1.54, 1.807) is 11.3 Å². The van der Waals surface area contributed by atoms with Crippen molar-refractivity contribution in [1.82, 2.24) is 5.32 Å². The van der Waals surface area contributed by atoms with E-state index in [1.165, 1.54) is 5.56 Å². The fourth-order valence-electron chi connectivity index (χ4n) is 2.29. The van der Waals surface area contributed by atoms with Crippen molar-refractivity contribution in [3.05, 3.63) is 56.2 Å². The lowest BCUT2D eigenvalue weighted by Crippen LogP contribution is -2.31. The third kappa shape index (κ3) is 4.78. The van der Waals surface area contributed by atoms with Crippen LogP contribution in [-0.2, 0) is 12.8 Å². The van der Waals surface area contributed by atoms with E-state index in [9.17, 15) is 0 Å². The second kappa shape index (κ2) is 8.04. The van der Waals surface area contributed by atoms with Gasteiger partial charge in [-0.3, -0.25) is 0 Å². The highest BCUT2D eigenvalue weighted by molar-refractivity contribution is 7.07. The normalized spacial score (nSPS) is 12.6. The van der Waals surface area contributed by atoms with Gasteiger partial charge in [0, 0.05) is 16.1 Å². The Morgan fingerprint density at radius 1 is 1.25 bits per heavy atom. The average molecular weight is 328 g/mol. The smallest absolute Gasteiger partial charge is 0.0453 e. The molecule has 1 unspecified atom stereocenters. The molecule has 2 rings (SSSR count). The molecular formula is C16H19Cl2NS. The molecule has 0 amide bonds. The van der Waals surface area contributed by atoms with Crippen LogP contribution in [0.1, 0.15) is 24.5 Å². The van der Waals surface area contributed by atoms with Crippen LogP contribution in [0.5, 0.6) is 0 Å². The van der Waals surface area contributed by atoms with Gasteiger partial charge in [-0.05, 0) is 65.9 Å². The zero-order valence-corrected chi connectivity index (χ0v) is 13.9. The molecule has 1 aromatic carbocycles. The van der Waals surface area contributed by atoms with Crippen LogP contribution in [-0.4, -0.2) is 12.6 Å². The molecule has 1 N–H and O–H groups in total. The van der Waals surface area contributed by atoms with Gasteiger partial charge in [-0.1, -0.05) is 36.2 Å². The molecule has 20 heavy (non-hydrogen) atoms. The maximum atomic E-state index is 6.26. The zero-order valence-electron chi connectivity index (χ0n) is 11.5. The number of aryl methyl sites for hydroxylation is 1. The van der Waals surface area contributed by atoms with Gasteiger partial charge in [0.15, 0.2) is 0 Å². The topological polar surface area (TPSA) is 12.0 Å². The lowest BCUT2D eigenvalue weighted by Gasteiger charge is -2.18. The molecule has 0 radical (unpaired) electrons. The molecule has 0 aliphatic carbocycles. The van der Waals surface area contributed by atoms with Gasteiger partial charge in [0.05, 0.1) is 0 Å². The van der Waals surface area contributed by atoms with E-state index in [1.807, 2.05) is 18.2 Å². The van der Waals surface area contributed by atoms with Gasteiger partial charge < -0.3 is 5.32 Å². The summed E-state index contributed by atoms with van der Waals surface area (Å²) in [4.78, 5) is 0. The third-order valence-electron chi connectivity index (χ3n) is 3.34. The second-order valence-electron chi connectivity index (χ2n) is 4.86. The summed E-state index contributed by atoms with van der Waals surface area (Å²) in [5.74, 6) is 0. The first-order valence-electron chi connectivity index (χ1n) is 6.87. The predicted molar refractivity (Wildman–Crippen MR) is 90.3 cm³/mol. The Balaban J connectivity index is 1.97. The standard InChI is InChI=1S/C16H19Cl2NS/c1-2-19-15(6-3-12-7-8-20-11-12)9-13-4-5-14(17)10-16(13)18/h4-5,7-8,10-11,15,19H,2-3,6,9H2,1H3. The van der Waals surface area contributed by atoms with E-state index in [2.05, 4.69) is 29.1 Å². The van der Waals surface area contributed by atoms with E-state index >= 15 is 0 Å². The minimum atomic E-state index is 0.443. The number of benzene rings is 1. The van der Waals surface area contributed by atoms with Crippen LogP contribution in [0.25, 0.3) is 0 Å². The average Bonchev–Trinajstić information content (AvgIpc) is 2.92. The zero-order chi connectivity index (χ0) is 14.4. The van der Waals surface area contributed by atoms with Crippen LogP contribution in [0.4, 0.5) is 0 Å². The summed E-state index contributed by atoms with van der Waals surface area (Å²) in [6, 6.07) is 8.40. The summed E-state index contributed by atoms with van der Waals surface area (Å²) in [6.45, 7) is 3.11. The van der Waals surface area contributed by atoms with Crippen LogP contribution in [0, 0.1) is 0 Å². The third-order valence-corrected chi connectivity index (χ3v) is 4.65. The first-order chi connectivity index (χ1) is 9.69. The lowest BCUT2D eigenvalue weighted by atomic mass is 10.00.